The lowest BCUT2D eigenvalue weighted by atomic mass is 10.1. The highest BCUT2D eigenvalue weighted by atomic mass is 16.5. The summed E-state index contributed by atoms with van der Waals surface area (Å²) in [5.74, 6) is 2.25. The van der Waals surface area contributed by atoms with Crippen LogP contribution in [0.5, 0.6) is 0 Å². The van der Waals surface area contributed by atoms with Crippen molar-refractivity contribution in [1.29, 1.82) is 0 Å². The summed E-state index contributed by atoms with van der Waals surface area (Å²) in [6, 6.07) is 12.6. The van der Waals surface area contributed by atoms with Crippen molar-refractivity contribution in [3.63, 3.8) is 0 Å². The lowest BCUT2D eigenvalue weighted by molar-refractivity contribution is 0.122. The van der Waals surface area contributed by atoms with E-state index < -0.39 is 0 Å². The number of nitrogens with zero attached hydrogens (tertiary/aromatic N) is 5. The number of aromatic nitrogens is 4. The van der Waals surface area contributed by atoms with Crippen molar-refractivity contribution in [3.05, 3.63) is 60.2 Å². The first kappa shape index (κ1) is 19.5. The third kappa shape index (κ3) is 3.65. The summed E-state index contributed by atoms with van der Waals surface area (Å²) in [6.07, 6.45) is 6.08. The minimum absolute atomic E-state index is 0.144. The van der Waals surface area contributed by atoms with Gasteiger partial charge in [0.1, 0.15) is 5.82 Å². The average molecular weight is 431 g/mol. The molecule has 0 spiro atoms. The highest BCUT2D eigenvalue weighted by Crippen LogP contribution is 2.34. The van der Waals surface area contributed by atoms with Crippen LogP contribution in [0.3, 0.4) is 0 Å². The predicted octanol–water partition coefficient (Wildman–Crippen LogP) is 3.79. The molecule has 3 aromatic heterocycles. The van der Waals surface area contributed by atoms with Gasteiger partial charge in [0.25, 0.3) is 0 Å². The first-order valence-electron chi connectivity index (χ1n) is 11.3. The molecule has 1 aromatic carbocycles. The van der Waals surface area contributed by atoms with Gasteiger partial charge in [-0.3, -0.25) is 4.90 Å². The molecule has 2 aliphatic rings. The second kappa shape index (κ2) is 8.37. The molecular weight excluding hydrogens is 404 g/mol. The predicted molar refractivity (Wildman–Crippen MR) is 121 cm³/mol. The van der Waals surface area contributed by atoms with Crippen LogP contribution in [0.2, 0.25) is 0 Å². The fourth-order valence-corrected chi connectivity index (χ4v) is 4.79. The van der Waals surface area contributed by atoms with Crippen molar-refractivity contribution >= 4 is 16.7 Å². The maximum Gasteiger partial charge on any atom is 0.244 e. The van der Waals surface area contributed by atoms with Crippen molar-refractivity contribution in [3.8, 4) is 11.4 Å². The number of hydrogen-bond acceptors (Lipinski definition) is 7. The molecule has 0 saturated carbocycles. The molecule has 2 saturated heterocycles. The number of hydrogen-bond donors (Lipinski definition) is 1. The molecule has 8 heteroatoms. The molecule has 1 atom stereocenters. The number of benzene rings is 1. The van der Waals surface area contributed by atoms with Gasteiger partial charge in [-0.2, -0.15) is 4.98 Å². The van der Waals surface area contributed by atoms with Crippen LogP contribution in [0.4, 0.5) is 5.82 Å². The van der Waals surface area contributed by atoms with Gasteiger partial charge in [0, 0.05) is 48.5 Å². The molecule has 0 bridgehead atoms. The lowest BCUT2D eigenvalue weighted by Crippen LogP contribution is -2.36. The van der Waals surface area contributed by atoms with Crippen LogP contribution >= 0.6 is 0 Å². The monoisotopic (exact) mass is 430 g/mol. The van der Waals surface area contributed by atoms with Crippen LogP contribution in [0, 0.1) is 0 Å². The Morgan fingerprint density at radius 1 is 1.09 bits per heavy atom. The molecule has 6 rings (SSSR count). The van der Waals surface area contributed by atoms with Gasteiger partial charge in [-0.25, -0.2) is 4.98 Å². The van der Waals surface area contributed by atoms with Gasteiger partial charge >= 0.3 is 0 Å². The van der Waals surface area contributed by atoms with Gasteiger partial charge in [0.15, 0.2) is 0 Å². The highest BCUT2D eigenvalue weighted by molar-refractivity contribution is 5.83. The Morgan fingerprint density at radius 3 is 2.94 bits per heavy atom. The maximum atomic E-state index is 5.76. The maximum absolute atomic E-state index is 5.76. The Balaban J connectivity index is 1.22. The van der Waals surface area contributed by atoms with E-state index in [1.807, 2.05) is 18.3 Å². The minimum Gasteiger partial charge on any atom is -0.378 e. The van der Waals surface area contributed by atoms with Gasteiger partial charge in [0.2, 0.25) is 11.7 Å². The number of anilines is 1. The van der Waals surface area contributed by atoms with Crippen LogP contribution in [0.25, 0.3) is 22.3 Å². The van der Waals surface area contributed by atoms with E-state index >= 15 is 0 Å². The third-order valence-electron chi connectivity index (χ3n) is 6.48. The van der Waals surface area contributed by atoms with Crippen LogP contribution in [-0.2, 0) is 11.3 Å². The molecule has 164 valence electrons. The number of rotatable bonds is 5. The van der Waals surface area contributed by atoms with Gasteiger partial charge in [-0.1, -0.05) is 23.4 Å². The van der Waals surface area contributed by atoms with E-state index in [1.54, 1.807) is 0 Å². The number of ether oxygens (including phenoxy) is 1. The summed E-state index contributed by atoms with van der Waals surface area (Å²) in [4.78, 5) is 17.4. The Kier molecular flexibility index (Phi) is 5.09. The van der Waals surface area contributed by atoms with Crippen LogP contribution in [0.15, 0.2) is 53.3 Å². The number of H-pyrrole nitrogens is 1. The molecule has 32 heavy (non-hydrogen) atoms. The average Bonchev–Trinajstić information content (AvgIpc) is 3.60. The zero-order chi connectivity index (χ0) is 21.3. The third-order valence-corrected chi connectivity index (χ3v) is 6.48. The summed E-state index contributed by atoms with van der Waals surface area (Å²) in [7, 11) is 0. The lowest BCUT2D eigenvalue weighted by Gasteiger charge is -2.27. The summed E-state index contributed by atoms with van der Waals surface area (Å²) in [5.41, 5.74) is 3.40. The number of pyridine rings is 1. The smallest absolute Gasteiger partial charge is 0.244 e. The zero-order valence-electron chi connectivity index (χ0n) is 17.9. The second-order valence-electron chi connectivity index (χ2n) is 8.45. The summed E-state index contributed by atoms with van der Waals surface area (Å²) in [6.45, 7) is 5.04. The summed E-state index contributed by atoms with van der Waals surface area (Å²) in [5, 5.41) is 5.58. The van der Waals surface area contributed by atoms with Gasteiger partial charge < -0.3 is 19.1 Å². The molecular formula is C24H26N6O2. The molecule has 5 heterocycles. The van der Waals surface area contributed by atoms with Crippen LogP contribution in [0.1, 0.15) is 30.3 Å². The molecule has 1 unspecified atom stereocenters. The van der Waals surface area contributed by atoms with Crippen molar-refractivity contribution in [2.75, 3.05) is 37.7 Å². The Labute approximate surface area is 186 Å². The van der Waals surface area contributed by atoms with Crippen molar-refractivity contribution in [2.24, 2.45) is 0 Å². The molecule has 0 radical (unpaired) electrons. The normalized spacial score (nSPS) is 19.8. The van der Waals surface area contributed by atoms with E-state index in [1.165, 1.54) is 16.5 Å². The van der Waals surface area contributed by atoms with Crippen molar-refractivity contribution in [2.45, 2.75) is 25.4 Å². The van der Waals surface area contributed by atoms with Gasteiger partial charge in [-0.05, 0) is 43.1 Å². The quantitative estimate of drug-likeness (QED) is 0.516. The number of morpholine rings is 1. The van der Waals surface area contributed by atoms with Gasteiger partial charge in [-0.15, -0.1) is 0 Å². The number of nitrogens with one attached hydrogen (secondary N) is 1. The first-order chi connectivity index (χ1) is 15.8. The van der Waals surface area contributed by atoms with E-state index in [0.29, 0.717) is 11.7 Å². The number of likely N-dealkylation sites (tertiary alicyclic amines) is 1. The van der Waals surface area contributed by atoms with E-state index in [-0.39, 0.29) is 6.04 Å². The Hall–Kier alpha value is -3.23. The molecule has 1 N–H and O–H groups in total. The van der Waals surface area contributed by atoms with E-state index in [0.717, 1.165) is 63.6 Å². The number of para-hydroxylation sites is 1. The molecule has 0 aliphatic carbocycles. The molecule has 2 fully saturated rings. The molecule has 8 nitrogen and oxygen atoms in total. The fraction of sp³-hybridized carbons (Fsp3) is 0.375. The van der Waals surface area contributed by atoms with E-state index in [9.17, 15) is 0 Å². The largest absolute Gasteiger partial charge is 0.378 e. The van der Waals surface area contributed by atoms with E-state index in [2.05, 4.69) is 55.4 Å². The Bertz CT molecular complexity index is 1210. The molecule has 4 aromatic rings. The first-order valence-corrected chi connectivity index (χ1v) is 11.3. The zero-order valence-corrected chi connectivity index (χ0v) is 17.9. The molecule has 2 aliphatic heterocycles. The van der Waals surface area contributed by atoms with Gasteiger partial charge in [0.05, 0.1) is 19.3 Å². The minimum atomic E-state index is 0.144. The Morgan fingerprint density at radius 2 is 2.00 bits per heavy atom. The second-order valence-corrected chi connectivity index (χ2v) is 8.45. The fourth-order valence-electron chi connectivity index (χ4n) is 4.79. The topological polar surface area (TPSA) is 83.3 Å². The SMILES string of the molecule is c1ccc2c(CN3CCCC3c3nc(-c4ccnc(N5CCOCC5)c4)no3)c[nH]c2c1. The molecule has 0 amide bonds. The van der Waals surface area contributed by atoms with Crippen molar-refractivity contribution < 1.29 is 9.26 Å². The number of aromatic amines is 1. The van der Waals surface area contributed by atoms with E-state index in [4.69, 9.17) is 14.2 Å². The number of fused-ring (bicyclic) bond motifs is 1. The summed E-state index contributed by atoms with van der Waals surface area (Å²) < 4.78 is 11.2. The van der Waals surface area contributed by atoms with Crippen LogP contribution in [-0.4, -0.2) is 57.9 Å². The summed E-state index contributed by atoms with van der Waals surface area (Å²) >= 11 is 0. The van der Waals surface area contributed by atoms with Crippen LogP contribution < -0.4 is 4.90 Å². The standard InChI is InChI=1S/C24H26N6O2/c1-2-5-20-19(4-1)18(15-26-20)16-30-9-3-6-21(30)24-27-23(28-32-24)17-7-8-25-22(14-17)29-10-12-31-13-11-29/h1-2,4-5,7-8,14-15,21,26H,3,6,9-13,16H2. The van der Waals surface area contributed by atoms with Crippen molar-refractivity contribution in [1.82, 2.24) is 25.0 Å². The highest BCUT2D eigenvalue weighted by Gasteiger charge is 2.31.